The molecule has 2 N–H and O–H groups in total. The quantitative estimate of drug-likeness (QED) is 0.686. The van der Waals surface area contributed by atoms with Gasteiger partial charge in [0, 0.05) is 19.7 Å². The number of nitrogens with two attached hydrogens (primary N) is 1. The summed E-state index contributed by atoms with van der Waals surface area (Å²) in [4.78, 5) is 13.5. The van der Waals surface area contributed by atoms with E-state index in [9.17, 15) is 4.79 Å². The predicted octanol–water partition coefficient (Wildman–Crippen LogP) is 0.607. The van der Waals surface area contributed by atoms with Crippen LogP contribution < -0.4 is 5.73 Å². The van der Waals surface area contributed by atoms with Crippen LogP contribution in [0.15, 0.2) is 0 Å². The van der Waals surface area contributed by atoms with Crippen molar-refractivity contribution in [3.63, 3.8) is 0 Å². The fourth-order valence-corrected chi connectivity index (χ4v) is 1.20. The highest BCUT2D eigenvalue weighted by Crippen LogP contribution is 2.02. The van der Waals surface area contributed by atoms with Crippen molar-refractivity contribution in [3.05, 3.63) is 0 Å². The normalized spacial score (nSPS) is 13.0. The van der Waals surface area contributed by atoms with Gasteiger partial charge in [-0.2, -0.15) is 0 Å². The molecule has 0 spiro atoms. The van der Waals surface area contributed by atoms with Crippen molar-refractivity contribution in [3.8, 4) is 0 Å². The van der Waals surface area contributed by atoms with E-state index in [-0.39, 0.29) is 18.0 Å². The van der Waals surface area contributed by atoms with E-state index in [2.05, 4.69) is 0 Å². The molecule has 0 fully saturated rings. The Morgan fingerprint density at radius 1 is 1.50 bits per heavy atom. The third kappa shape index (κ3) is 4.07. The van der Waals surface area contributed by atoms with Crippen molar-refractivity contribution >= 4 is 5.91 Å². The molecule has 0 aliphatic carbocycles. The summed E-state index contributed by atoms with van der Waals surface area (Å²) in [6.45, 7) is 7.05. The van der Waals surface area contributed by atoms with Gasteiger partial charge in [-0.25, -0.2) is 0 Å². The van der Waals surface area contributed by atoms with E-state index >= 15 is 0 Å². The molecule has 0 aromatic carbocycles. The summed E-state index contributed by atoms with van der Waals surface area (Å²) in [6.07, 6.45) is 0.676. The molecule has 0 rings (SSSR count). The van der Waals surface area contributed by atoms with Gasteiger partial charge in [0.05, 0.1) is 12.6 Å². The molecule has 0 bridgehead atoms. The Bertz CT molecular complexity index is 172. The van der Waals surface area contributed by atoms with Gasteiger partial charge in [0.2, 0.25) is 5.91 Å². The Morgan fingerprint density at radius 3 is 2.43 bits per heavy atom. The molecule has 0 aliphatic heterocycles. The number of rotatable bonds is 6. The molecule has 0 aromatic rings. The van der Waals surface area contributed by atoms with Gasteiger partial charge in [0.25, 0.3) is 0 Å². The molecular formula is C10H22N2O2. The summed E-state index contributed by atoms with van der Waals surface area (Å²) in [6, 6.07) is -0.204. The summed E-state index contributed by atoms with van der Waals surface area (Å²) >= 11 is 0. The number of carbonyl (C=O) groups excluding carboxylic acids is 1. The maximum Gasteiger partial charge on any atom is 0.239 e. The van der Waals surface area contributed by atoms with Crippen LogP contribution in [0.2, 0.25) is 0 Å². The molecule has 0 radical (unpaired) electrons. The van der Waals surface area contributed by atoms with Gasteiger partial charge in [-0.1, -0.05) is 6.92 Å². The predicted molar refractivity (Wildman–Crippen MR) is 57.0 cm³/mol. The molecule has 0 unspecified atom stereocenters. The molecule has 14 heavy (non-hydrogen) atoms. The van der Waals surface area contributed by atoms with Gasteiger partial charge < -0.3 is 15.4 Å². The zero-order valence-electron chi connectivity index (χ0n) is 9.62. The van der Waals surface area contributed by atoms with Crippen LogP contribution in [0.3, 0.4) is 0 Å². The van der Waals surface area contributed by atoms with Crippen molar-refractivity contribution in [1.29, 1.82) is 0 Å². The second-order valence-electron chi connectivity index (χ2n) is 3.63. The first-order valence-electron chi connectivity index (χ1n) is 5.09. The number of amides is 1. The average Bonchev–Trinajstić information content (AvgIpc) is 2.16. The fourth-order valence-electron chi connectivity index (χ4n) is 1.20. The number of hydrogen-bond donors (Lipinski definition) is 1. The highest BCUT2D eigenvalue weighted by molar-refractivity contribution is 5.81. The van der Waals surface area contributed by atoms with Crippen molar-refractivity contribution in [1.82, 2.24) is 4.90 Å². The minimum absolute atomic E-state index is 0.0135. The molecule has 0 heterocycles. The smallest absolute Gasteiger partial charge is 0.239 e. The second kappa shape index (κ2) is 6.79. The lowest BCUT2D eigenvalue weighted by Gasteiger charge is -2.28. The van der Waals surface area contributed by atoms with E-state index in [0.717, 1.165) is 0 Å². The van der Waals surface area contributed by atoms with Crippen molar-refractivity contribution in [2.45, 2.75) is 39.3 Å². The maximum atomic E-state index is 11.8. The second-order valence-corrected chi connectivity index (χ2v) is 3.63. The molecule has 0 aromatic heterocycles. The van der Waals surface area contributed by atoms with Gasteiger partial charge in [0.1, 0.15) is 0 Å². The number of ether oxygens (including phenoxy) is 1. The summed E-state index contributed by atoms with van der Waals surface area (Å²) in [5.41, 5.74) is 5.69. The van der Waals surface area contributed by atoms with Gasteiger partial charge in [-0.05, 0) is 20.3 Å². The lowest BCUT2D eigenvalue weighted by Crippen LogP contribution is -2.47. The summed E-state index contributed by atoms with van der Waals surface area (Å²) in [5.74, 6) is 0.0135. The van der Waals surface area contributed by atoms with Crippen LogP contribution >= 0.6 is 0 Å². The van der Waals surface area contributed by atoms with E-state index in [1.807, 2.05) is 20.8 Å². The van der Waals surface area contributed by atoms with Gasteiger partial charge in [0.15, 0.2) is 0 Å². The van der Waals surface area contributed by atoms with Gasteiger partial charge in [-0.3, -0.25) is 4.79 Å². The lowest BCUT2D eigenvalue weighted by molar-refractivity contribution is -0.135. The van der Waals surface area contributed by atoms with E-state index in [1.54, 1.807) is 12.0 Å². The zero-order valence-corrected chi connectivity index (χ0v) is 9.62. The first-order valence-corrected chi connectivity index (χ1v) is 5.09. The first-order chi connectivity index (χ1) is 6.54. The van der Waals surface area contributed by atoms with E-state index in [4.69, 9.17) is 10.5 Å². The largest absolute Gasteiger partial charge is 0.383 e. The Balaban J connectivity index is 4.25. The van der Waals surface area contributed by atoms with Crippen LogP contribution in [0.1, 0.15) is 27.2 Å². The highest BCUT2D eigenvalue weighted by atomic mass is 16.5. The van der Waals surface area contributed by atoms with Crippen molar-refractivity contribution in [2.24, 2.45) is 5.73 Å². The zero-order chi connectivity index (χ0) is 11.1. The Kier molecular flexibility index (Phi) is 6.49. The topological polar surface area (TPSA) is 55.6 Å². The van der Waals surface area contributed by atoms with E-state index in [0.29, 0.717) is 19.6 Å². The monoisotopic (exact) mass is 202 g/mol. The first kappa shape index (κ1) is 13.4. The third-order valence-electron chi connectivity index (χ3n) is 2.20. The highest BCUT2D eigenvalue weighted by Gasteiger charge is 2.21. The molecular weight excluding hydrogens is 180 g/mol. The van der Waals surface area contributed by atoms with Crippen molar-refractivity contribution in [2.75, 3.05) is 20.3 Å². The number of carbonyl (C=O) groups is 1. The lowest BCUT2D eigenvalue weighted by atomic mass is 10.2. The average molecular weight is 202 g/mol. The molecule has 1 amide bonds. The van der Waals surface area contributed by atoms with Crippen LogP contribution in [-0.4, -0.2) is 43.2 Å². The Hall–Kier alpha value is -0.610. The number of methoxy groups -OCH3 is 1. The fraction of sp³-hybridized carbons (Fsp3) is 0.900. The molecule has 84 valence electrons. The van der Waals surface area contributed by atoms with Crippen LogP contribution in [0.4, 0.5) is 0 Å². The standard InChI is InChI=1S/C10H22N2O2/c1-5-9(11)10(13)12(8(2)3)6-7-14-4/h8-9H,5-7,11H2,1-4H3/t9-/m1/s1. The van der Waals surface area contributed by atoms with Crippen molar-refractivity contribution < 1.29 is 9.53 Å². The van der Waals surface area contributed by atoms with Crippen LogP contribution in [0.25, 0.3) is 0 Å². The van der Waals surface area contributed by atoms with Gasteiger partial charge >= 0.3 is 0 Å². The minimum Gasteiger partial charge on any atom is -0.383 e. The number of hydrogen-bond acceptors (Lipinski definition) is 3. The summed E-state index contributed by atoms with van der Waals surface area (Å²) < 4.78 is 4.95. The Morgan fingerprint density at radius 2 is 2.07 bits per heavy atom. The molecule has 0 aliphatic rings. The molecule has 4 heteroatoms. The Labute approximate surface area is 86.4 Å². The third-order valence-corrected chi connectivity index (χ3v) is 2.20. The van der Waals surface area contributed by atoms with Crippen LogP contribution in [0.5, 0.6) is 0 Å². The molecule has 0 saturated heterocycles. The van der Waals surface area contributed by atoms with Crippen LogP contribution in [0, 0.1) is 0 Å². The minimum atomic E-state index is -0.380. The van der Waals surface area contributed by atoms with E-state index < -0.39 is 0 Å². The summed E-state index contributed by atoms with van der Waals surface area (Å²) in [7, 11) is 1.63. The van der Waals surface area contributed by atoms with E-state index in [1.165, 1.54) is 0 Å². The molecule has 0 saturated carbocycles. The summed E-state index contributed by atoms with van der Waals surface area (Å²) in [5, 5.41) is 0. The molecule has 1 atom stereocenters. The SMILES string of the molecule is CC[C@@H](N)C(=O)N(CCOC)C(C)C. The molecule has 4 nitrogen and oxygen atoms in total. The number of nitrogens with zero attached hydrogens (tertiary/aromatic N) is 1. The van der Waals surface area contributed by atoms with Gasteiger partial charge in [-0.15, -0.1) is 0 Å². The van der Waals surface area contributed by atoms with Crippen LogP contribution in [-0.2, 0) is 9.53 Å². The maximum absolute atomic E-state index is 11.8.